The highest BCUT2D eigenvalue weighted by Crippen LogP contribution is 2.36. The molecule has 1 saturated heterocycles. The minimum absolute atomic E-state index is 0.144. The van der Waals surface area contributed by atoms with Crippen molar-refractivity contribution in [3.63, 3.8) is 0 Å². The predicted molar refractivity (Wildman–Crippen MR) is 75.0 cm³/mol. The van der Waals surface area contributed by atoms with E-state index in [0.717, 1.165) is 6.42 Å². The lowest BCUT2D eigenvalue weighted by atomic mass is 10.1. The minimum atomic E-state index is -0.446. The maximum absolute atomic E-state index is 12.1. The molecule has 1 N–H and O–H groups in total. The monoisotopic (exact) mass is 291 g/mol. The van der Waals surface area contributed by atoms with Crippen LogP contribution >= 0.6 is 0 Å². The molecule has 0 bridgehead atoms. The summed E-state index contributed by atoms with van der Waals surface area (Å²) in [5, 5.41) is 2.76. The van der Waals surface area contributed by atoms with Crippen molar-refractivity contribution in [3.05, 3.63) is 17.7 Å². The Bertz CT molecular complexity index is 578. The molecule has 1 amide bonds. The molecule has 2 aliphatic heterocycles. The summed E-state index contributed by atoms with van der Waals surface area (Å²) in [6, 6.07) is 3.25. The molecule has 0 unspecified atom stereocenters. The average molecular weight is 291 g/mol. The highest BCUT2D eigenvalue weighted by molar-refractivity contribution is 6.05. The summed E-state index contributed by atoms with van der Waals surface area (Å²) in [4.78, 5) is 23.9. The molecule has 1 atom stereocenters. The first kappa shape index (κ1) is 13.9. The fraction of sp³-hybridized carbons (Fsp3) is 0.467. The van der Waals surface area contributed by atoms with Gasteiger partial charge in [-0.2, -0.15) is 0 Å². The fourth-order valence-corrected chi connectivity index (χ4v) is 2.48. The van der Waals surface area contributed by atoms with Gasteiger partial charge >= 0.3 is 0 Å². The van der Waals surface area contributed by atoms with Gasteiger partial charge in [-0.1, -0.05) is 0 Å². The van der Waals surface area contributed by atoms with Crippen molar-refractivity contribution in [3.8, 4) is 11.5 Å². The Morgan fingerprint density at radius 2 is 1.86 bits per heavy atom. The smallest absolute Gasteiger partial charge is 0.253 e. The van der Waals surface area contributed by atoms with Crippen LogP contribution in [0.1, 0.15) is 30.1 Å². The summed E-state index contributed by atoms with van der Waals surface area (Å²) in [5.41, 5.74) is 0.845. The quantitative estimate of drug-likeness (QED) is 0.859. The molecular formula is C15H17NO5. The zero-order valence-corrected chi connectivity index (χ0v) is 11.8. The van der Waals surface area contributed by atoms with Gasteiger partial charge in [0.15, 0.2) is 17.3 Å². The van der Waals surface area contributed by atoms with Crippen molar-refractivity contribution in [2.75, 3.05) is 25.1 Å². The molecule has 0 aromatic heterocycles. The van der Waals surface area contributed by atoms with Crippen LogP contribution in [-0.2, 0) is 9.53 Å². The normalized spacial score (nSPS) is 20.1. The topological polar surface area (TPSA) is 73.9 Å². The predicted octanol–water partition coefficient (Wildman–Crippen LogP) is 1.78. The lowest BCUT2D eigenvalue weighted by Crippen LogP contribution is -2.27. The number of fused-ring (bicyclic) bond motifs is 1. The number of hydrogen-bond donors (Lipinski definition) is 1. The summed E-state index contributed by atoms with van der Waals surface area (Å²) >= 11 is 0. The van der Waals surface area contributed by atoms with Gasteiger partial charge in [0.2, 0.25) is 0 Å². The second kappa shape index (κ2) is 5.73. The van der Waals surface area contributed by atoms with Crippen molar-refractivity contribution in [2.45, 2.75) is 25.9 Å². The summed E-state index contributed by atoms with van der Waals surface area (Å²) in [7, 11) is 0. The molecule has 2 aliphatic rings. The lowest BCUT2D eigenvalue weighted by molar-refractivity contribution is -0.124. The standard InChI is InChI=1S/C15H17NO5/c1-9(17)10-7-13-14(21-6-5-20-13)8-11(10)16-15(18)12-3-2-4-19-12/h7-8,12H,2-6H2,1H3,(H,16,18)/t12-/m1/s1. The van der Waals surface area contributed by atoms with Gasteiger partial charge in [-0.3, -0.25) is 9.59 Å². The lowest BCUT2D eigenvalue weighted by Gasteiger charge is -2.21. The molecule has 0 aliphatic carbocycles. The first-order chi connectivity index (χ1) is 10.1. The van der Waals surface area contributed by atoms with Crippen LogP contribution in [0.25, 0.3) is 0 Å². The van der Waals surface area contributed by atoms with Crippen LogP contribution in [0.2, 0.25) is 0 Å². The number of ketones is 1. The number of rotatable bonds is 3. The zero-order valence-electron chi connectivity index (χ0n) is 11.8. The molecule has 1 aromatic carbocycles. The van der Waals surface area contributed by atoms with E-state index in [2.05, 4.69) is 5.32 Å². The van der Waals surface area contributed by atoms with E-state index in [0.29, 0.717) is 49.0 Å². The van der Waals surface area contributed by atoms with E-state index in [4.69, 9.17) is 14.2 Å². The van der Waals surface area contributed by atoms with Gasteiger partial charge in [0.05, 0.1) is 5.69 Å². The van der Waals surface area contributed by atoms with Crippen LogP contribution in [0.5, 0.6) is 11.5 Å². The van der Waals surface area contributed by atoms with Crippen molar-refractivity contribution < 1.29 is 23.8 Å². The number of nitrogens with one attached hydrogen (secondary N) is 1. The Morgan fingerprint density at radius 1 is 1.14 bits per heavy atom. The Balaban J connectivity index is 1.88. The summed E-state index contributed by atoms with van der Waals surface area (Å²) < 4.78 is 16.3. The second-order valence-electron chi connectivity index (χ2n) is 5.09. The number of Topliss-reactive ketones (excluding diaryl/α,β-unsaturated/α-hetero) is 1. The Kier molecular flexibility index (Phi) is 3.79. The first-order valence-electron chi connectivity index (χ1n) is 7.02. The van der Waals surface area contributed by atoms with Gasteiger partial charge in [0, 0.05) is 18.2 Å². The van der Waals surface area contributed by atoms with Gasteiger partial charge < -0.3 is 19.5 Å². The molecule has 112 valence electrons. The number of carbonyl (C=O) groups is 2. The third kappa shape index (κ3) is 2.85. The van der Waals surface area contributed by atoms with Gasteiger partial charge in [-0.25, -0.2) is 0 Å². The first-order valence-corrected chi connectivity index (χ1v) is 7.02. The van der Waals surface area contributed by atoms with Crippen molar-refractivity contribution in [1.29, 1.82) is 0 Å². The van der Waals surface area contributed by atoms with Gasteiger partial charge in [-0.05, 0) is 25.8 Å². The van der Waals surface area contributed by atoms with E-state index in [1.807, 2.05) is 0 Å². The van der Waals surface area contributed by atoms with E-state index < -0.39 is 6.10 Å². The maximum Gasteiger partial charge on any atom is 0.253 e. The van der Waals surface area contributed by atoms with Crippen LogP contribution in [0, 0.1) is 0 Å². The minimum Gasteiger partial charge on any atom is -0.486 e. The Labute approximate surface area is 122 Å². The van der Waals surface area contributed by atoms with Crippen LogP contribution in [-0.4, -0.2) is 37.6 Å². The van der Waals surface area contributed by atoms with Crippen LogP contribution in [0.3, 0.4) is 0 Å². The molecular weight excluding hydrogens is 274 g/mol. The molecule has 0 saturated carbocycles. The van der Waals surface area contributed by atoms with Gasteiger partial charge in [-0.15, -0.1) is 0 Å². The molecule has 1 aromatic rings. The summed E-state index contributed by atoms with van der Waals surface area (Å²) in [5.74, 6) is 0.691. The van der Waals surface area contributed by atoms with Crippen molar-refractivity contribution >= 4 is 17.4 Å². The van der Waals surface area contributed by atoms with E-state index in [1.165, 1.54) is 6.92 Å². The molecule has 6 nitrogen and oxygen atoms in total. The number of ether oxygens (including phenoxy) is 3. The fourth-order valence-electron chi connectivity index (χ4n) is 2.48. The molecule has 6 heteroatoms. The number of carbonyl (C=O) groups excluding carboxylic acids is 2. The summed E-state index contributed by atoms with van der Waals surface area (Å²) in [6.45, 7) is 2.95. The molecule has 0 spiro atoms. The maximum atomic E-state index is 12.1. The summed E-state index contributed by atoms with van der Waals surface area (Å²) in [6.07, 6.45) is 1.13. The van der Waals surface area contributed by atoms with Crippen LogP contribution < -0.4 is 14.8 Å². The second-order valence-corrected chi connectivity index (χ2v) is 5.09. The average Bonchev–Trinajstić information content (AvgIpc) is 3.00. The van der Waals surface area contributed by atoms with E-state index in [9.17, 15) is 9.59 Å². The molecule has 2 heterocycles. The molecule has 0 radical (unpaired) electrons. The molecule has 3 rings (SSSR count). The zero-order chi connectivity index (χ0) is 14.8. The van der Waals surface area contributed by atoms with Crippen molar-refractivity contribution in [1.82, 2.24) is 0 Å². The largest absolute Gasteiger partial charge is 0.486 e. The third-order valence-corrected chi connectivity index (χ3v) is 3.54. The molecule has 21 heavy (non-hydrogen) atoms. The van der Waals surface area contributed by atoms with Crippen LogP contribution in [0.4, 0.5) is 5.69 Å². The number of anilines is 1. The van der Waals surface area contributed by atoms with E-state index in [1.54, 1.807) is 12.1 Å². The van der Waals surface area contributed by atoms with E-state index in [-0.39, 0.29) is 11.7 Å². The van der Waals surface area contributed by atoms with Gasteiger partial charge in [0.1, 0.15) is 19.3 Å². The Morgan fingerprint density at radius 3 is 2.48 bits per heavy atom. The molecule has 1 fully saturated rings. The Hall–Kier alpha value is -2.08. The number of amides is 1. The van der Waals surface area contributed by atoms with E-state index >= 15 is 0 Å². The van der Waals surface area contributed by atoms with Gasteiger partial charge in [0.25, 0.3) is 5.91 Å². The third-order valence-electron chi connectivity index (χ3n) is 3.54. The highest BCUT2D eigenvalue weighted by atomic mass is 16.6. The SMILES string of the molecule is CC(=O)c1cc2c(cc1NC(=O)[C@H]1CCCO1)OCCO2. The highest BCUT2D eigenvalue weighted by Gasteiger charge is 2.26. The van der Waals surface area contributed by atoms with Crippen molar-refractivity contribution in [2.24, 2.45) is 0 Å². The number of benzene rings is 1. The number of hydrogen-bond acceptors (Lipinski definition) is 5. The van der Waals surface area contributed by atoms with Crippen LogP contribution in [0.15, 0.2) is 12.1 Å².